The summed E-state index contributed by atoms with van der Waals surface area (Å²) < 4.78 is 29.9. The van der Waals surface area contributed by atoms with E-state index >= 15 is 0 Å². The number of pyridine rings is 1. The van der Waals surface area contributed by atoms with E-state index in [1.54, 1.807) is 48.8 Å². The Bertz CT molecular complexity index is 1010. The lowest BCUT2D eigenvalue weighted by molar-refractivity contribution is 0.601. The van der Waals surface area contributed by atoms with Gasteiger partial charge in [0.2, 0.25) is 0 Å². The van der Waals surface area contributed by atoms with Gasteiger partial charge in [0.05, 0.1) is 11.6 Å². The van der Waals surface area contributed by atoms with Crippen LogP contribution < -0.4 is 4.72 Å². The van der Waals surface area contributed by atoms with Gasteiger partial charge in [-0.2, -0.15) is 5.26 Å². The second kappa shape index (κ2) is 6.34. The first-order valence-electron chi connectivity index (χ1n) is 7.52. The van der Waals surface area contributed by atoms with Gasteiger partial charge in [-0.1, -0.05) is 6.92 Å². The summed E-state index contributed by atoms with van der Waals surface area (Å²) in [5.74, 6) is 0. The highest BCUT2D eigenvalue weighted by atomic mass is 32.2. The van der Waals surface area contributed by atoms with Crippen molar-refractivity contribution in [3.05, 3.63) is 54.4 Å². The Morgan fingerprint density at radius 2 is 2.00 bits per heavy atom. The molecule has 0 unspecified atom stereocenters. The minimum atomic E-state index is -3.75. The third-order valence-corrected chi connectivity index (χ3v) is 5.03. The summed E-state index contributed by atoms with van der Waals surface area (Å²) in [4.78, 5) is 4.50. The Hall–Kier alpha value is -2.85. The summed E-state index contributed by atoms with van der Waals surface area (Å²) in [7, 11) is -3.75. The van der Waals surface area contributed by atoms with Crippen LogP contribution in [0.15, 0.2) is 53.7 Å². The number of nitrogens with zero attached hydrogens (tertiary/aromatic N) is 3. The average Bonchev–Trinajstić information content (AvgIpc) is 2.96. The molecule has 6 nitrogen and oxygen atoms in total. The van der Waals surface area contributed by atoms with E-state index in [0.717, 1.165) is 6.42 Å². The van der Waals surface area contributed by atoms with Crippen LogP contribution in [-0.4, -0.2) is 18.0 Å². The summed E-state index contributed by atoms with van der Waals surface area (Å²) in [5.41, 5.74) is 1.54. The molecule has 3 aromatic rings. The molecule has 2 aromatic heterocycles. The van der Waals surface area contributed by atoms with Gasteiger partial charge in [-0.15, -0.1) is 0 Å². The number of fused-ring (bicyclic) bond motifs is 1. The number of benzene rings is 1. The molecule has 0 aliphatic carbocycles. The van der Waals surface area contributed by atoms with E-state index in [1.807, 2.05) is 17.6 Å². The van der Waals surface area contributed by atoms with Crippen LogP contribution in [-0.2, 0) is 16.6 Å². The van der Waals surface area contributed by atoms with Gasteiger partial charge in [0.1, 0.15) is 10.5 Å². The van der Waals surface area contributed by atoms with Gasteiger partial charge in [-0.25, -0.2) is 13.4 Å². The third-order valence-electron chi connectivity index (χ3n) is 3.62. The van der Waals surface area contributed by atoms with Gasteiger partial charge in [0.15, 0.2) is 0 Å². The predicted molar refractivity (Wildman–Crippen MR) is 92.0 cm³/mol. The largest absolute Gasteiger partial charge is 0.331 e. The van der Waals surface area contributed by atoms with Crippen LogP contribution in [0, 0.1) is 11.3 Å². The van der Waals surface area contributed by atoms with Crippen LogP contribution >= 0.6 is 0 Å². The lowest BCUT2D eigenvalue weighted by Crippen LogP contribution is -2.12. The second-order valence-corrected chi connectivity index (χ2v) is 7.01. The number of nitriles is 1. The zero-order valence-electron chi connectivity index (χ0n) is 13.1. The van der Waals surface area contributed by atoms with Crippen molar-refractivity contribution in [3.8, 4) is 6.07 Å². The molecular formula is C17H16N4O2S. The maximum absolute atomic E-state index is 12.8. The maximum atomic E-state index is 12.8. The smallest absolute Gasteiger partial charge is 0.264 e. The van der Waals surface area contributed by atoms with Gasteiger partial charge < -0.3 is 4.57 Å². The molecule has 1 aromatic carbocycles. The first-order valence-corrected chi connectivity index (χ1v) is 9.00. The molecule has 0 aliphatic rings. The van der Waals surface area contributed by atoms with Crippen LogP contribution in [0.4, 0.5) is 5.69 Å². The number of anilines is 1. The van der Waals surface area contributed by atoms with Crippen molar-refractivity contribution in [2.75, 3.05) is 4.72 Å². The fraction of sp³-hybridized carbons (Fsp3) is 0.176. The summed E-state index contributed by atoms with van der Waals surface area (Å²) in [5, 5.41) is 9.40. The van der Waals surface area contributed by atoms with Crippen LogP contribution in [0.5, 0.6) is 0 Å². The van der Waals surface area contributed by atoms with E-state index in [4.69, 9.17) is 5.26 Å². The Morgan fingerprint density at radius 1 is 1.25 bits per heavy atom. The monoisotopic (exact) mass is 340 g/mol. The van der Waals surface area contributed by atoms with E-state index in [2.05, 4.69) is 9.71 Å². The van der Waals surface area contributed by atoms with Crippen molar-refractivity contribution in [2.24, 2.45) is 0 Å². The molecule has 0 amide bonds. The van der Waals surface area contributed by atoms with E-state index < -0.39 is 10.0 Å². The molecule has 0 fully saturated rings. The summed E-state index contributed by atoms with van der Waals surface area (Å²) in [6.45, 7) is 2.72. The highest BCUT2D eigenvalue weighted by molar-refractivity contribution is 7.93. The molecule has 7 heteroatoms. The van der Waals surface area contributed by atoms with E-state index in [1.165, 1.54) is 0 Å². The molecule has 2 heterocycles. The zero-order chi connectivity index (χ0) is 17.2. The molecule has 0 atom stereocenters. The summed E-state index contributed by atoms with van der Waals surface area (Å²) in [6, 6.07) is 11.8. The van der Waals surface area contributed by atoms with Gasteiger partial charge in [-0.3, -0.25) is 4.72 Å². The van der Waals surface area contributed by atoms with Crippen molar-refractivity contribution in [2.45, 2.75) is 24.8 Å². The van der Waals surface area contributed by atoms with Crippen molar-refractivity contribution >= 4 is 26.7 Å². The van der Waals surface area contributed by atoms with Crippen molar-refractivity contribution in [1.82, 2.24) is 9.55 Å². The molecule has 0 bridgehead atoms. The SMILES string of the molecule is CCCn1cc(S(=O)(=O)Nc2ccc(C#N)cc2)c2cccnc21. The molecule has 24 heavy (non-hydrogen) atoms. The Labute approximate surface area is 140 Å². The number of hydrogen-bond acceptors (Lipinski definition) is 4. The molecule has 0 spiro atoms. The maximum Gasteiger partial charge on any atom is 0.264 e. The quantitative estimate of drug-likeness (QED) is 0.773. The predicted octanol–water partition coefficient (Wildman–Crippen LogP) is 3.12. The number of sulfonamides is 1. The van der Waals surface area contributed by atoms with Gasteiger partial charge in [-0.05, 0) is 42.8 Å². The molecule has 3 rings (SSSR count). The molecule has 1 N–H and O–H groups in total. The minimum absolute atomic E-state index is 0.198. The normalized spacial score (nSPS) is 11.3. The fourth-order valence-corrected chi connectivity index (χ4v) is 3.81. The second-order valence-electron chi connectivity index (χ2n) is 5.36. The number of hydrogen-bond donors (Lipinski definition) is 1. The molecular weight excluding hydrogens is 324 g/mol. The first-order chi connectivity index (χ1) is 11.5. The molecule has 0 saturated heterocycles. The summed E-state index contributed by atoms with van der Waals surface area (Å²) >= 11 is 0. The number of aryl methyl sites for hydroxylation is 1. The van der Waals surface area contributed by atoms with Crippen molar-refractivity contribution < 1.29 is 8.42 Å². The zero-order valence-corrected chi connectivity index (χ0v) is 13.9. The van der Waals surface area contributed by atoms with Gasteiger partial charge in [0, 0.05) is 30.0 Å². The minimum Gasteiger partial charge on any atom is -0.331 e. The van der Waals surface area contributed by atoms with Crippen LogP contribution in [0.3, 0.4) is 0 Å². The molecule has 122 valence electrons. The fourth-order valence-electron chi connectivity index (χ4n) is 2.54. The van der Waals surface area contributed by atoms with Crippen LogP contribution in [0.2, 0.25) is 0 Å². The molecule has 0 saturated carbocycles. The lowest BCUT2D eigenvalue weighted by Gasteiger charge is -2.07. The molecule has 0 aliphatic heterocycles. The van der Waals surface area contributed by atoms with E-state index in [9.17, 15) is 8.42 Å². The van der Waals surface area contributed by atoms with Crippen LogP contribution in [0.25, 0.3) is 11.0 Å². The number of aromatic nitrogens is 2. The van der Waals surface area contributed by atoms with Gasteiger partial charge >= 0.3 is 0 Å². The van der Waals surface area contributed by atoms with Crippen LogP contribution in [0.1, 0.15) is 18.9 Å². The third kappa shape index (κ3) is 2.96. The Kier molecular flexibility index (Phi) is 4.23. The standard InChI is InChI=1S/C17H16N4O2S/c1-2-10-21-12-16(15-4-3-9-19-17(15)21)24(22,23)20-14-7-5-13(11-18)6-8-14/h3-9,12,20H,2,10H2,1H3. The van der Waals surface area contributed by atoms with Gasteiger partial charge in [0.25, 0.3) is 10.0 Å². The Balaban J connectivity index is 2.03. The van der Waals surface area contributed by atoms with E-state index in [-0.39, 0.29) is 4.90 Å². The average molecular weight is 340 g/mol. The van der Waals surface area contributed by atoms with Crippen molar-refractivity contribution in [1.29, 1.82) is 5.26 Å². The lowest BCUT2D eigenvalue weighted by atomic mass is 10.2. The number of nitrogens with one attached hydrogen (secondary N) is 1. The Morgan fingerprint density at radius 3 is 2.67 bits per heavy atom. The molecule has 0 radical (unpaired) electrons. The number of rotatable bonds is 5. The highest BCUT2D eigenvalue weighted by Gasteiger charge is 2.21. The first kappa shape index (κ1) is 16.0. The van der Waals surface area contributed by atoms with E-state index in [0.29, 0.717) is 28.8 Å². The summed E-state index contributed by atoms with van der Waals surface area (Å²) in [6.07, 6.45) is 4.15. The highest BCUT2D eigenvalue weighted by Crippen LogP contribution is 2.26. The topological polar surface area (TPSA) is 87.8 Å². The van der Waals surface area contributed by atoms with Crippen molar-refractivity contribution in [3.63, 3.8) is 0 Å².